The van der Waals surface area contributed by atoms with Crippen LogP contribution in [-0.4, -0.2) is 130 Å². The number of alkyl halides is 2. The quantitative estimate of drug-likeness (QED) is 0.119. The molecule has 0 radical (unpaired) electrons. The molecular formula is C52H65F2N7O8. The van der Waals surface area contributed by atoms with Gasteiger partial charge in [0.25, 0.3) is 18.2 Å². The number of amides is 4. The highest BCUT2D eigenvalue weighted by molar-refractivity contribution is 5.97. The van der Waals surface area contributed by atoms with Gasteiger partial charge in [0.2, 0.25) is 11.8 Å². The Morgan fingerprint density at radius 3 is 2.54 bits per heavy atom. The van der Waals surface area contributed by atoms with Crippen molar-refractivity contribution in [3.63, 3.8) is 0 Å². The first kappa shape index (κ1) is 50.8. The largest absolute Gasteiger partial charge is 0.464 e. The number of cyclic esters (lactones) is 1. The Bertz CT molecular complexity index is 2610. The number of halogens is 2. The summed E-state index contributed by atoms with van der Waals surface area (Å²) in [5.41, 5.74) is 7.90. The molecule has 370 valence electrons. The van der Waals surface area contributed by atoms with Gasteiger partial charge in [-0.1, -0.05) is 58.0 Å². The number of pyridine rings is 1. The zero-order chi connectivity index (χ0) is 49.9. The van der Waals surface area contributed by atoms with E-state index in [2.05, 4.69) is 60.3 Å². The number of hydrogen-bond acceptors (Lipinski definition) is 10. The number of carbonyl (C=O) groups excluding carboxylic acids is 5. The molecule has 2 aromatic carbocycles. The lowest BCUT2D eigenvalue weighted by molar-refractivity contribution is -0.156. The summed E-state index contributed by atoms with van der Waals surface area (Å²) in [4.78, 5) is 76.8. The Morgan fingerprint density at radius 1 is 1.07 bits per heavy atom. The zero-order valence-electron chi connectivity index (χ0n) is 40.8. The first-order chi connectivity index (χ1) is 32.7. The van der Waals surface area contributed by atoms with Crippen molar-refractivity contribution < 1.29 is 47.3 Å². The molecule has 2 aromatic heterocycles. The first-order valence-corrected chi connectivity index (χ1v) is 23.8. The number of hydrazine groups is 1. The van der Waals surface area contributed by atoms with E-state index in [4.69, 9.17) is 14.5 Å². The second-order valence-corrected chi connectivity index (χ2v) is 19.7. The Labute approximate surface area is 402 Å². The number of hydrogen-bond donors (Lipinski definition) is 3. The lowest BCUT2D eigenvalue weighted by Gasteiger charge is -2.37. The fourth-order valence-corrected chi connectivity index (χ4v) is 10.0. The Balaban J connectivity index is 1.26. The van der Waals surface area contributed by atoms with E-state index in [9.17, 15) is 37.9 Å². The van der Waals surface area contributed by atoms with Gasteiger partial charge in [-0.2, -0.15) is 0 Å². The van der Waals surface area contributed by atoms with Gasteiger partial charge >= 0.3 is 5.97 Å². The van der Waals surface area contributed by atoms with Gasteiger partial charge in [-0.3, -0.25) is 34.0 Å². The van der Waals surface area contributed by atoms with Crippen molar-refractivity contribution in [3.8, 4) is 22.4 Å². The normalized spacial score (nSPS) is 21.9. The fraction of sp³-hybridized carbons (Fsp3) is 0.500. The number of fused-ring (bicyclic) bond motifs is 6. The van der Waals surface area contributed by atoms with Crippen LogP contribution in [0.4, 0.5) is 8.78 Å². The summed E-state index contributed by atoms with van der Waals surface area (Å²) in [6.45, 7) is 12.2. The molecular weight excluding hydrogens is 889 g/mol. The number of carbonyl (C=O) groups is 5. The number of β-amino-alcohol motifs (C(OH)–C–C–N with tert-alkyl or cyclic N) is 1. The SMILES string of the molecule is CCn1c(-c2cccnc2[C@H](C)OC)c2c3cc(ccc31)-c1cccc(c1)C[C@H](NC(=O)[C@H](C(C)C)N(C)C(=O)[C@@]1(O)CCN(C(=O)/C=C/C(F)F)C1)C(=O)N1CCC[C@H](N1)C(=O)OCC(C)(C)C2. The second kappa shape index (κ2) is 20.9. The van der Waals surface area contributed by atoms with E-state index < -0.39 is 77.6 Å². The van der Waals surface area contributed by atoms with E-state index in [0.717, 1.165) is 59.9 Å². The minimum atomic E-state index is -2.85. The lowest BCUT2D eigenvalue weighted by Crippen LogP contribution is -2.63. The van der Waals surface area contributed by atoms with Gasteiger partial charge in [-0.25, -0.2) is 14.2 Å². The van der Waals surface area contributed by atoms with Crippen LogP contribution in [0.3, 0.4) is 0 Å². The summed E-state index contributed by atoms with van der Waals surface area (Å²) in [6, 6.07) is 15.0. The maximum Gasteiger partial charge on any atom is 0.324 e. The number of benzene rings is 2. The van der Waals surface area contributed by atoms with Crippen LogP contribution in [0.15, 0.2) is 72.9 Å². The summed E-state index contributed by atoms with van der Waals surface area (Å²) >= 11 is 0. The van der Waals surface area contributed by atoms with E-state index in [0.29, 0.717) is 38.0 Å². The van der Waals surface area contributed by atoms with Crippen LogP contribution in [0, 0.1) is 11.3 Å². The smallest absolute Gasteiger partial charge is 0.324 e. The molecule has 2 fully saturated rings. The van der Waals surface area contributed by atoms with Gasteiger partial charge in [0, 0.05) is 80.8 Å². The van der Waals surface area contributed by atoms with Crippen molar-refractivity contribution in [2.24, 2.45) is 11.3 Å². The highest BCUT2D eigenvalue weighted by Crippen LogP contribution is 2.42. The standard InChI is InChI=1S/C52H65F2N7O8/c1-9-60-41-18-17-35-27-37(41)38(46(60)36-15-11-22-55-44(36)32(4)68-8)28-51(5,6)30-69-49(65)39-16-12-23-61(57-39)48(64)40(26-33-13-10-14-34(35)25-33)56-47(63)45(31(2)3)58(7)50(66)52(67)21-24-59(29-52)43(62)20-19-42(53)54/h10-11,13-15,17-20,22,25,27,31-32,39-40,42,45,57,67H,9,12,16,21,23-24,26,28-30H2,1-8H3,(H,56,63)/b20-19+/t32-,39-,40-,45-,52+/m0/s1. The number of aryl methyl sites for hydroxylation is 1. The van der Waals surface area contributed by atoms with Crippen molar-refractivity contribution in [2.45, 2.75) is 116 Å². The number of aromatic nitrogens is 2. The first-order valence-electron chi connectivity index (χ1n) is 23.8. The van der Waals surface area contributed by atoms with Gasteiger partial charge < -0.3 is 34.3 Å². The van der Waals surface area contributed by atoms with E-state index in [-0.39, 0.29) is 38.6 Å². The van der Waals surface area contributed by atoms with Gasteiger partial charge in [0.15, 0.2) is 5.60 Å². The van der Waals surface area contributed by atoms with Crippen LogP contribution in [-0.2, 0) is 52.8 Å². The molecule has 0 spiro atoms. The number of rotatable bonds is 11. The molecule has 5 atom stereocenters. The van der Waals surface area contributed by atoms with Crippen LogP contribution in [0.2, 0.25) is 0 Å². The summed E-state index contributed by atoms with van der Waals surface area (Å²) in [5.74, 6) is -3.79. The predicted octanol–water partition coefficient (Wildman–Crippen LogP) is 6.01. The van der Waals surface area contributed by atoms with Crippen molar-refractivity contribution in [1.29, 1.82) is 0 Å². The second-order valence-electron chi connectivity index (χ2n) is 19.7. The molecule has 0 saturated carbocycles. The average Bonchev–Trinajstić information content (AvgIpc) is 3.88. The number of esters is 1. The van der Waals surface area contributed by atoms with Gasteiger partial charge in [-0.15, -0.1) is 0 Å². The molecule has 6 bridgehead atoms. The number of likely N-dealkylation sites (tertiary alicyclic amines) is 1. The topological polar surface area (TPSA) is 176 Å². The maximum absolute atomic E-state index is 14.7. The third-order valence-electron chi connectivity index (χ3n) is 13.6. The van der Waals surface area contributed by atoms with E-state index in [1.54, 1.807) is 27.2 Å². The zero-order valence-corrected chi connectivity index (χ0v) is 40.8. The van der Waals surface area contributed by atoms with Crippen molar-refractivity contribution in [3.05, 3.63) is 89.8 Å². The number of aliphatic hydroxyl groups is 1. The molecule has 15 nitrogen and oxygen atoms in total. The molecule has 7 rings (SSSR count). The molecule has 4 aromatic rings. The molecule has 17 heteroatoms. The third kappa shape index (κ3) is 10.9. The molecule has 4 amide bonds. The van der Waals surface area contributed by atoms with Crippen LogP contribution in [0.1, 0.15) is 83.7 Å². The van der Waals surface area contributed by atoms with E-state index in [1.807, 2.05) is 37.3 Å². The molecule has 3 aliphatic heterocycles. The highest BCUT2D eigenvalue weighted by Gasteiger charge is 2.48. The van der Waals surface area contributed by atoms with Crippen LogP contribution < -0.4 is 10.7 Å². The van der Waals surface area contributed by atoms with Crippen LogP contribution >= 0.6 is 0 Å². The molecule has 0 aliphatic carbocycles. The Kier molecular flexibility index (Phi) is 15.4. The summed E-state index contributed by atoms with van der Waals surface area (Å²) in [6.07, 6.45) is 1.10. The number of ether oxygens (including phenoxy) is 2. The third-order valence-corrected chi connectivity index (χ3v) is 13.6. The monoisotopic (exact) mass is 953 g/mol. The van der Waals surface area contributed by atoms with Crippen molar-refractivity contribution in [1.82, 2.24) is 35.1 Å². The fourth-order valence-electron chi connectivity index (χ4n) is 10.0. The minimum Gasteiger partial charge on any atom is -0.464 e. The van der Waals surface area contributed by atoms with Crippen molar-refractivity contribution >= 4 is 40.5 Å². The average molecular weight is 954 g/mol. The van der Waals surface area contributed by atoms with Crippen molar-refractivity contribution in [2.75, 3.05) is 40.4 Å². The summed E-state index contributed by atoms with van der Waals surface area (Å²) in [7, 11) is 3.04. The van der Waals surface area contributed by atoms with E-state index in [1.165, 1.54) is 12.1 Å². The number of likely N-dealkylation sites (N-methyl/N-ethyl adjacent to an activating group) is 1. The highest BCUT2D eigenvalue weighted by atomic mass is 19.3. The predicted molar refractivity (Wildman–Crippen MR) is 256 cm³/mol. The number of nitrogens with zero attached hydrogens (tertiary/aromatic N) is 5. The van der Waals surface area contributed by atoms with Gasteiger partial charge in [0.05, 0.1) is 30.6 Å². The summed E-state index contributed by atoms with van der Waals surface area (Å²) in [5, 5.41) is 16.9. The molecule has 5 heterocycles. The number of methoxy groups -OCH3 is 1. The lowest BCUT2D eigenvalue weighted by atomic mass is 9.84. The van der Waals surface area contributed by atoms with Gasteiger partial charge in [-0.05, 0) is 91.6 Å². The maximum atomic E-state index is 14.7. The van der Waals surface area contributed by atoms with Crippen LogP contribution in [0.5, 0.6) is 0 Å². The molecule has 3 aliphatic rings. The Morgan fingerprint density at radius 2 is 1.83 bits per heavy atom. The molecule has 0 unspecified atom stereocenters. The Hall–Kier alpha value is -6.04. The van der Waals surface area contributed by atoms with Crippen LogP contribution in [0.25, 0.3) is 33.3 Å². The number of allylic oxidation sites excluding steroid dienone is 1. The minimum absolute atomic E-state index is 0.0425. The van der Waals surface area contributed by atoms with Gasteiger partial charge in [0.1, 0.15) is 18.1 Å². The number of nitrogens with one attached hydrogen (secondary N) is 2. The van der Waals surface area contributed by atoms with E-state index >= 15 is 0 Å². The molecule has 3 N–H and O–H groups in total. The molecule has 69 heavy (non-hydrogen) atoms. The molecule has 2 saturated heterocycles. The summed E-state index contributed by atoms with van der Waals surface area (Å²) < 4.78 is 39.7.